The highest BCUT2D eigenvalue weighted by atomic mass is 127. The summed E-state index contributed by atoms with van der Waals surface area (Å²) in [4.78, 5) is 10.5. The standard InChI is InChI=1S/C15H21IN2O2/c1-10(2)12-5-3-4-6-14(12)17-11-7-8-15(18(19)20)13(16)9-11/h7-10,12,14,17H,3-6H2,1-2H3. The Morgan fingerprint density at radius 3 is 2.65 bits per heavy atom. The highest BCUT2D eigenvalue weighted by molar-refractivity contribution is 14.1. The zero-order chi connectivity index (χ0) is 14.7. The molecule has 0 aliphatic heterocycles. The van der Waals surface area contributed by atoms with Crippen LogP contribution in [0.3, 0.4) is 0 Å². The van der Waals surface area contributed by atoms with Gasteiger partial charge >= 0.3 is 0 Å². The van der Waals surface area contributed by atoms with Crippen molar-refractivity contribution in [1.82, 2.24) is 0 Å². The van der Waals surface area contributed by atoms with Crippen LogP contribution in [0.2, 0.25) is 0 Å². The normalized spacial score (nSPS) is 22.8. The largest absolute Gasteiger partial charge is 0.382 e. The summed E-state index contributed by atoms with van der Waals surface area (Å²) in [5.74, 6) is 1.36. The van der Waals surface area contributed by atoms with Gasteiger partial charge in [0, 0.05) is 17.8 Å². The van der Waals surface area contributed by atoms with Crippen molar-refractivity contribution in [2.75, 3.05) is 5.32 Å². The number of nitrogens with one attached hydrogen (secondary N) is 1. The highest BCUT2D eigenvalue weighted by Gasteiger charge is 2.27. The molecular weight excluding hydrogens is 367 g/mol. The molecule has 20 heavy (non-hydrogen) atoms. The number of rotatable bonds is 4. The lowest BCUT2D eigenvalue weighted by Crippen LogP contribution is -2.35. The molecule has 0 aromatic heterocycles. The Balaban J connectivity index is 2.12. The van der Waals surface area contributed by atoms with Crippen LogP contribution in [0.1, 0.15) is 39.5 Å². The fourth-order valence-electron chi connectivity index (χ4n) is 3.10. The van der Waals surface area contributed by atoms with Gasteiger partial charge in [-0.15, -0.1) is 0 Å². The minimum absolute atomic E-state index is 0.181. The van der Waals surface area contributed by atoms with E-state index in [1.165, 1.54) is 25.7 Å². The molecule has 0 bridgehead atoms. The Morgan fingerprint density at radius 1 is 1.35 bits per heavy atom. The molecule has 110 valence electrons. The first-order valence-corrected chi connectivity index (χ1v) is 8.27. The topological polar surface area (TPSA) is 55.2 Å². The van der Waals surface area contributed by atoms with Crippen LogP contribution in [0.25, 0.3) is 0 Å². The van der Waals surface area contributed by atoms with Crippen molar-refractivity contribution >= 4 is 34.0 Å². The minimum Gasteiger partial charge on any atom is -0.382 e. The van der Waals surface area contributed by atoms with Crippen LogP contribution in [-0.4, -0.2) is 11.0 Å². The second-order valence-corrected chi connectivity index (χ2v) is 7.03. The van der Waals surface area contributed by atoms with Crippen LogP contribution >= 0.6 is 22.6 Å². The lowest BCUT2D eigenvalue weighted by molar-refractivity contribution is -0.385. The molecule has 0 spiro atoms. The van der Waals surface area contributed by atoms with E-state index in [1.54, 1.807) is 6.07 Å². The summed E-state index contributed by atoms with van der Waals surface area (Å²) in [6, 6.07) is 5.79. The van der Waals surface area contributed by atoms with Crippen molar-refractivity contribution < 1.29 is 4.92 Å². The van der Waals surface area contributed by atoms with Crippen LogP contribution in [0.4, 0.5) is 11.4 Å². The maximum Gasteiger partial charge on any atom is 0.282 e. The van der Waals surface area contributed by atoms with Crippen LogP contribution in [-0.2, 0) is 0 Å². The zero-order valence-electron chi connectivity index (χ0n) is 11.9. The molecule has 5 heteroatoms. The van der Waals surface area contributed by atoms with Gasteiger partial charge in [0.15, 0.2) is 0 Å². The van der Waals surface area contributed by atoms with E-state index in [1.807, 2.05) is 34.7 Å². The summed E-state index contributed by atoms with van der Waals surface area (Å²) >= 11 is 2.03. The van der Waals surface area contributed by atoms with Gasteiger partial charge in [-0.3, -0.25) is 10.1 Å². The number of halogens is 1. The number of nitro groups is 1. The van der Waals surface area contributed by atoms with E-state index < -0.39 is 0 Å². The SMILES string of the molecule is CC(C)C1CCCCC1Nc1ccc([N+](=O)[O-])c(I)c1. The van der Waals surface area contributed by atoms with Gasteiger partial charge in [-0.25, -0.2) is 0 Å². The Labute approximate surface area is 133 Å². The van der Waals surface area contributed by atoms with Crippen molar-refractivity contribution in [3.8, 4) is 0 Å². The van der Waals surface area contributed by atoms with E-state index >= 15 is 0 Å². The minimum atomic E-state index is -0.330. The summed E-state index contributed by atoms with van der Waals surface area (Å²) in [5, 5.41) is 14.4. The molecular formula is C15H21IN2O2. The molecule has 1 aliphatic rings. The zero-order valence-corrected chi connectivity index (χ0v) is 14.1. The van der Waals surface area contributed by atoms with E-state index in [2.05, 4.69) is 19.2 Å². The monoisotopic (exact) mass is 388 g/mol. The Morgan fingerprint density at radius 2 is 2.05 bits per heavy atom. The van der Waals surface area contributed by atoms with Crippen molar-refractivity contribution in [3.63, 3.8) is 0 Å². The number of nitro benzene ring substituents is 1. The average Bonchev–Trinajstić information content (AvgIpc) is 2.38. The van der Waals surface area contributed by atoms with Crippen molar-refractivity contribution in [3.05, 3.63) is 31.9 Å². The fraction of sp³-hybridized carbons (Fsp3) is 0.600. The van der Waals surface area contributed by atoms with Crippen LogP contribution in [0.15, 0.2) is 18.2 Å². The van der Waals surface area contributed by atoms with Crippen LogP contribution in [0, 0.1) is 25.5 Å². The molecule has 0 heterocycles. The molecule has 0 amide bonds. The van der Waals surface area contributed by atoms with Gasteiger partial charge in [-0.2, -0.15) is 0 Å². The van der Waals surface area contributed by atoms with Gasteiger partial charge in [-0.05, 0) is 59.4 Å². The molecule has 1 fully saturated rings. The lowest BCUT2D eigenvalue weighted by atomic mass is 9.78. The maximum atomic E-state index is 10.8. The van der Waals surface area contributed by atoms with Gasteiger partial charge < -0.3 is 5.32 Å². The number of nitrogens with zero attached hydrogens (tertiary/aromatic N) is 1. The number of hydrogen-bond donors (Lipinski definition) is 1. The Kier molecular flexibility index (Phi) is 5.23. The van der Waals surface area contributed by atoms with Gasteiger partial charge in [0.2, 0.25) is 0 Å². The van der Waals surface area contributed by atoms with Crippen LogP contribution in [0.5, 0.6) is 0 Å². The number of hydrogen-bond acceptors (Lipinski definition) is 3. The van der Waals surface area contributed by atoms with Gasteiger partial charge in [0.25, 0.3) is 5.69 Å². The molecule has 1 saturated carbocycles. The van der Waals surface area contributed by atoms with E-state index in [9.17, 15) is 10.1 Å². The quantitative estimate of drug-likeness (QED) is 0.457. The Bertz CT molecular complexity index is 491. The second kappa shape index (κ2) is 6.74. The molecule has 4 nitrogen and oxygen atoms in total. The summed E-state index contributed by atoms with van der Waals surface area (Å²) < 4.78 is 0.689. The lowest BCUT2D eigenvalue weighted by Gasteiger charge is -2.35. The predicted molar refractivity (Wildman–Crippen MR) is 90.0 cm³/mol. The van der Waals surface area contributed by atoms with E-state index in [4.69, 9.17) is 0 Å². The molecule has 2 unspecified atom stereocenters. The highest BCUT2D eigenvalue weighted by Crippen LogP contribution is 2.33. The third-order valence-electron chi connectivity index (χ3n) is 4.17. The molecule has 2 atom stereocenters. The van der Waals surface area contributed by atoms with Gasteiger partial charge in [0.05, 0.1) is 8.49 Å². The molecule has 1 aliphatic carbocycles. The Hall–Kier alpha value is -0.850. The smallest absolute Gasteiger partial charge is 0.282 e. The van der Waals surface area contributed by atoms with Gasteiger partial charge in [0.1, 0.15) is 0 Å². The maximum absolute atomic E-state index is 10.8. The summed E-state index contributed by atoms with van der Waals surface area (Å²) in [5.41, 5.74) is 1.18. The summed E-state index contributed by atoms with van der Waals surface area (Å²) in [6.07, 6.45) is 5.06. The number of anilines is 1. The first-order chi connectivity index (χ1) is 9.49. The second-order valence-electron chi connectivity index (χ2n) is 5.87. The van der Waals surface area contributed by atoms with Crippen molar-refractivity contribution in [1.29, 1.82) is 0 Å². The molecule has 2 rings (SSSR count). The number of benzene rings is 1. The molecule has 1 N–H and O–H groups in total. The first kappa shape index (κ1) is 15.5. The van der Waals surface area contributed by atoms with Crippen LogP contribution < -0.4 is 5.32 Å². The van der Waals surface area contributed by atoms with Crippen molar-refractivity contribution in [2.45, 2.75) is 45.6 Å². The third-order valence-corrected chi connectivity index (χ3v) is 5.04. The van der Waals surface area contributed by atoms with E-state index in [-0.39, 0.29) is 10.6 Å². The third kappa shape index (κ3) is 3.62. The predicted octanol–water partition coefficient (Wildman–Crippen LogP) is 4.83. The first-order valence-electron chi connectivity index (χ1n) is 7.19. The average molecular weight is 388 g/mol. The van der Waals surface area contributed by atoms with E-state index in [0.29, 0.717) is 21.4 Å². The summed E-state index contributed by atoms with van der Waals surface area (Å²) in [7, 11) is 0. The molecule has 0 saturated heterocycles. The fourth-order valence-corrected chi connectivity index (χ4v) is 3.81. The van der Waals surface area contributed by atoms with Crippen molar-refractivity contribution in [2.24, 2.45) is 11.8 Å². The molecule has 0 radical (unpaired) electrons. The summed E-state index contributed by atoms with van der Waals surface area (Å²) in [6.45, 7) is 4.56. The molecule has 1 aromatic carbocycles. The van der Waals surface area contributed by atoms with E-state index in [0.717, 1.165) is 5.69 Å². The van der Waals surface area contributed by atoms with Gasteiger partial charge in [-0.1, -0.05) is 26.7 Å². The molecule has 1 aromatic rings.